The zero-order valence-electron chi connectivity index (χ0n) is 9.67. The van der Waals surface area contributed by atoms with Gasteiger partial charge in [-0.3, -0.25) is 0 Å². The molecule has 0 aromatic carbocycles. The number of hydrogen-bond donors (Lipinski definition) is 0. The van der Waals surface area contributed by atoms with Crippen LogP contribution in [-0.2, 0) is 28.5 Å². The lowest BCUT2D eigenvalue weighted by molar-refractivity contribution is -0.303. The standard InChI is InChI=1S/C11H14O6/c1-3-14-9(12)11(10(13)15-4-2)7-5-6-16-8(7)17-11/h5-8H,3-4H2,1-2H3. The Morgan fingerprint density at radius 2 is 1.82 bits per heavy atom. The Balaban J connectivity index is 2.21. The van der Waals surface area contributed by atoms with Gasteiger partial charge in [-0.2, -0.15) is 0 Å². The average Bonchev–Trinajstić information content (AvgIpc) is 2.63. The van der Waals surface area contributed by atoms with Crippen molar-refractivity contribution in [3.8, 4) is 0 Å². The first-order valence-electron chi connectivity index (χ1n) is 5.51. The lowest BCUT2D eigenvalue weighted by Gasteiger charge is -2.45. The third-order valence-corrected chi connectivity index (χ3v) is 2.72. The molecule has 17 heavy (non-hydrogen) atoms. The maximum atomic E-state index is 11.9. The minimum Gasteiger partial charge on any atom is -0.472 e. The fourth-order valence-corrected chi connectivity index (χ4v) is 1.93. The number of carbonyl (C=O) groups excluding carboxylic acids is 2. The van der Waals surface area contributed by atoms with Gasteiger partial charge in [0.25, 0.3) is 5.60 Å². The molecule has 2 aliphatic heterocycles. The molecule has 2 heterocycles. The van der Waals surface area contributed by atoms with Crippen LogP contribution in [0.1, 0.15) is 13.8 Å². The van der Waals surface area contributed by atoms with Gasteiger partial charge in [0.05, 0.1) is 25.4 Å². The van der Waals surface area contributed by atoms with E-state index in [1.165, 1.54) is 6.26 Å². The second kappa shape index (κ2) is 4.37. The van der Waals surface area contributed by atoms with E-state index in [1.54, 1.807) is 19.9 Å². The number of esters is 2. The Hall–Kier alpha value is -1.56. The number of ether oxygens (including phenoxy) is 4. The minimum absolute atomic E-state index is 0.172. The van der Waals surface area contributed by atoms with Crippen LogP contribution in [0.15, 0.2) is 12.3 Å². The van der Waals surface area contributed by atoms with Gasteiger partial charge in [0, 0.05) is 0 Å². The van der Waals surface area contributed by atoms with E-state index in [1.807, 2.05) is 0 Å². The molecule has 2 rings (SSSR count). The van der Waals surface area contributed by atoms with Crippen molar-refractivity contribution in [1.82, 2.24) is 0 Å². The molecule has 0 spiro atoms. The van der Waals surface area contributed by atoms with Gasteiger partial charge in [-0.25, -0.2) is 9.59 Å². The Morgan fingerprint density at radius 1 is 1.24 bits per heavy atom. The zero-order valence-corrected chi connectivity index (χ0v) is 9.67. The molecule has 6 heteroatoms. The van der Waals surface area contributed by atoms with Gasteiger partial charge in [-0.15, -0.1) is 0 Å². The molecule has 2 atom stereocenters. The van der Waals surface area contributed by atoms with Crippen LogP contribution >= 0.6 is 0 Å². The highest BCUT2D eigenvalue weighted by Gasteiger charge is 2.69. The summed E-state index contributed by atoms with van der Waals surface area (Å²) >= 11 is 0. The molecule has 0 aliphatic carbocycles. The van der Waals surface area contributed by atoms with Gasteiger partial charge in [0.2, 0.25) is 6.29 Å². The van der Waals surface area contributed by atoms with E-state index in [4.69, 9.17) is 18.9 Å². The van der Waals surface area contributed by atoms with E-state index >= 15 is 0 Å². The van der Waals surface area contributed by atoms with E-state index in [9.17, 15) is 9.59 Å². The van der Waals surface area contributed by atoms with Crippen molar-refractivity contribution in [3.05, 3.63) is 12.3 Å². The quantitative estimate of drug-likeness (QED) is 0.524. The molecule has 1 fully saturated rings. The summed E-state index contributed by atoms with van der Waals surface area (Å²) in [7, 11) is 0. The fourth-order valence-electron chi connectivity index (χ4n) is 1.93. The first kappa shape index (κ1) is 11.9. The summed E-state index contributed by atoms with van der Waals surface area (Å²) in [5.74, 6) is -1.93. The summed E-state index contributed by atoms with van der Waals surface area (Å²) in [5, 5.41) is 0. The van der Waals surface area contributed by atoms with E-state index in [-0.39, 0.29) is 13.2 Å². The highest BCUT2D eigenvalue weighted by atomic mass is 16.7. The summed E-state index contributed by atoms with van der Waals surface area (Å²) in [5.41, 5.74) is -1.69. The van der Waals surface area contributed by atoms with Crippen LogP contribution in [0.4, 0.5) is 0 Å². The van der Waals surface area contributed by atoms with Crippen molar-refractivity contribution in [2.75, 3.05) is 13.2 Å². The monoisotopic (exact) mass is 242 g/mol. The Bertz CT molecular complexity index is 343. The molecule has 2 unspecified atom stereocenters. The van der Waals surface area contributed by atoms with Crippen molar-refractivity contribution >= 4 is 11.9 Å². The number of fused-ring (bicyclic) bond motifs is 1. The molecule has 0 amide bonds. The summed E-state index contributed by atoms with van der Waals surface area (Å²) < 4.78 is 20.0. The van der Waals surface area contributed by atoms with Crippen molar-refractivity contribution < 1.29 is 28.5 Å². The zero-order chi connectivity index (χ0) is 12.5. The normalized spacial score (nSPS) is 27.6. The SMILES string of the molecule is CCOC(=O)C1(C(=O)OCC)OC2OC=CC21. The van der Waals surface area contributed by atoms with Gasteiger partial charge in [-0.05, 0) is 19.9 Å². The van der Waals surface area contributed by atoms with E-state index in [2.05, 4.69) is 0 Å². The minimum atomic E-state index is -1.69. The molecule has 2 aliphatic rings. The summed E-state index contributed by atoms with van der Waals surface area (Å²) in [6.07, 6.45) is 2.43. The van der Waals surface area contributed by atoms with Crippen LogP contribution in [0.5, 0.6) is 0 Å². The molecule has 0 aromatic heterocycles. The number of hydrogen-bond acceptors (Lipinski definition) is 6. The van der Waals surface area contributed by atoms with Crippen LogP contribution < -0.4 is 0 Å². The highest BCUT2D eigenvalue weighted by molar-refractivity contribution is 6.05. The van der Waals surface area contributed by atoms with E-state index in [0.717, 1.165) is 0 Å². The van der Waals surface area contributed by atoms with Crippen LogP contribution in [0.3, 0.4) is 0 Å². The largest absolute Gasteiger partial charge is 0.472 e. The molecule has 0 N–H and O–H groups in total. The molecule has 0 saturated carbocycles. The third-order valence-electron chi connectivity index (χ3n) is 2.72. The highest BCUT2D eigenvalue weighted by Crippen LogP contribution is 2.45. The second-order valence-electron chi connectivity index (χ2n) is 3.65. The van der Waals surface area contributed by atoms with Crippen LogP contribution in [0.2, 0.25) is 0 Å². The predicted octanol–water partition coefficient (Wildman–Crippen LogP) is 0.368. The van der Waals surface area contributed by atoms with Gasteiger partial charge in [-0.1, -0.05) is 0 Å². The van der Waals surface area contributed by atoms with Crippen molar-refractivity contribution in [3.63, 3.8) is 0 Å². The van der Waals surface area contributed by atoms with Gasteiger partial charge in [0.15, 0.2) is 0 Å². The summed E-state index contributed by atoms with van der Waals surface area (Å²) in [4.78, 5) is 23.7. The van der Waals surface area contributed by atoms with E-state index in [0.29, 0.717) is 0 Å². The molecule has 6 nitrogen and oxygen atoms in total. The molecular weight excluding hydrogens is 228 g/mol. The van der Waals surface area contributed by atoms with Crippen LogP contribution in [0, 0.1) is 5.92 Å². The first-order chi connectivity index (χ1) is 8.16. The predicted molar refractivity (Wildman–Crippen MR) is 54.6 cm³/mol. The smallest absolute Gasteiger partial charge is 0.351 e. The van der Waals surface area contributed by atoms with E-state index < -0.39 is 29.7 Å². The Labute approximate surface area is 98.5 Å². The van der Waals surface area contributed by atoms with Gasteiger partial charge < -0.3 is 18.9 Å². The topological polar surface area (TPSA) is 71.1 Å². The molecule has 94 valence electrons. The van der Waals surface area contributed by atoms with Crippen molar-refractivity contribution in [1.29, 1.82) is 0 Å². The Morgan fingerprint density at radius 3 is 2.29 bits per heavy atom. The first-order valence-corrected chi connectivity index (χ1v) is 5.51. The average molecular weight is 242 g/mol. The number of rotatable bonds is 4. The molecule has 0 radical (unpaired) electrons. The summed E-state index contributed by atoms with van der Waals surface area (Å²) in [6.45, 7) is 3.67. The van der Waals surface area contributed by atoms with Crippen LogP contribution in [0.25, 0.3) is 0 Å². The molecule has 0 aromatic rings. The Kier molecular flexibility index (Phi) is 3.06. The van der Waals surface area contributed by atoms with Gasteiger partial charge >= 0.3 is 11.9 Å². The lowest BCUT2D eigenvalue weighted by atomic mass is 9.81. The number of carbonyl (C=O) groups is 2. The molecule has 1 saturated heterocycles. The third kappa shape index (κ3) is 1.59. The van der Waals surface area contributed by atoms with Crippen molar-refractivity contribution in [2.45, 2.75) is 25.7 Å². The maximum Gasteiger partial charge on any atom is 0.351 e. The summed E-state index contributed by atoms with van der Waals surface area (Å²) in [6, 6.07) is 0. The van der Waals surface area contributed by atoms with Crippen molar-refractivity contribution in [2.24, 2.45) is 5.92 Å². The van der Waals surface area contributed by atoms with Crippen LogP contribution in [-0.4, -0.2) is 37.0 Å². The fraction of sp³-hybridized carbons (Fsp3) is 0.636. The lowest BCUT2D eigenvalue weighted by Crippen LogP contribution is -2.68. The molecule has 0 bridgehead atoms. The molecular formula is C11H14O6. The van der Waals surface area contributed by atoms with Gasteiger partial charge in [0.1, 0.15) is 0 Å². The second-order valence-corrected chi connectivity index (χ2v) is 3.65. The maximum absolute atomic E-state index is 11.9.